The van der Waals surface area contributed by atoms with E-state index in [-0.39, 0.29) is 18.0 Å². The van der Waals surface area contributed by atoms with E-state index in [2.05, 4.69) is 53.2 Å². The number of nitrogens with zero attached hydrogens (tertiary/aromatic N) is 7. The van der Waals surface area contributed by atoms with Gasteiger partial charge in [0.2, 0.25) is 11.9 Å². The molecule has 0 unspecified atom stereocenters. The summed E-state index contributed by atoms with van der Waals surface area (Å²) in [5.74, 6) is 1.53. The van der Waals surface area contributed by atoms with Gasteiger partial charge < -0.3 is 15.1 Å². The van der Waals surface area contributed by atoms with Crippen LogP contribution in [-0.4, -0.2) is 61.7 Å². The first kappa shape index (κ1) is 23.0. The SMILES string of the molecule is CC[C@@H](C)n1ncc2nc(N3CCN(C(C)=O)CC3)nc(N[C@H](C)c3cnc4ccccc4c3)c21. The number of hydrogen-bond acceptors (Lipinski definition) is 7. The summed E-state index contributed by atoms with van der Waals surface area (Å²) in [6, 6.07) is 10.5. The quantitative estimate of drug-likeness (QED) is 0.450. The van der Waals surface area contributed by atoms with Crippen molar-refractivity contribution in [2.24, 2.45) is 0 Å². The van der Waals surface area contributed by atoms with Crippen molar-refractivity contribution in [1.29, 1.82) is 0 Å². The first-order valence-corrected chi connectivity index (χ1v) is 12.3. The zero-order chi connectivity index (χ0) is 24.5. The van der Waals surface area contributed by atoms with Crippen LogP contribution in [0.2, 0.25) is 0 Å². The number of piperazine rings is 1. The van der Waals surface area contributed by atoms with Gasteiger partial charge in [-0.25, -0.2) is 4.98 Å². The topological polar surface area (TPSA) is 92.1 Å². The molecule has 4 aromatic rings. The molecule has 1 amide bonds. The molecule has 1 saturated heterocycles. The Hall–Kier alpha value is -3.75. The molecule has 1 N–H and O–H groups in total. The van der Waals surface area contributed by atoms with Crippen molar-refractivity contribution in [3.63, 3.8) is 0 Å². The van der Waals surface area contributed by atoms with Crippen molar-refractivity contribution < 1.29 is 4.79 Å². The summed E-state index contributed by atoms with van der Waals surface area (Å²) in [5, 5.41) is 9.41. The van der Waals surface area contributed by atoms with Gasteiger partial charge in [0.15, 0.2) is 5.82 Å². The summed E-state index contributed by atoms with van der Waals surface area (Å²) in [5.41, 5.74) is 3.79. The molecule has 5 rings (SSSR count). The summed E-state index contributed by atoms with van der Waals surface area (Å²) in [4.78, 5) is 30.3. The zero-order valence-electron chi connectivity index (χ0n) is 20.8. The summed E-state index contributed by atoms with van der Waals surface area (Å²) in [6.07, 6.45) is 4.70. The average Bonchev–Trinajstić information content (AvgIpc) is 3.32. The maximum atomic E-state index is 11.8. The summed E-state index contributed by atoms with van der Waals surface area (Å²) in [6.45, 7) is 10.8. The molecule has 1 aromatic carbocycles. The summed E-state index contributed by atoms with van der Waals surface area (Å²) < 4.78 is 2.01. The molecule has 2 atom stereocenters. The highest BCUT2D eigenvalue weighted by molar-refractivity contribution is 5.87. The van der Waals surface area contributed by atoms with Crippen molar-refractivity contribution in [1.82, 2.24) is 29.6 Å². The molecular weight excluding hydrogens is 440 g/mol. The van der Waals surface area contributed by atoms with Crippen molar-refractivity contribution in [3.05, 3.63) is 48.3 Å². The fourth-order valence-corrected chi connectivity index (χ4v) is 4.53. The summed E-state index contributed by atoms with van der Waals surface area (Å²) >= 11 is 0. The monoisotopic (exact) mass is 472 g/mol. The third-order valence-electron chi connectivity index (χ3n) is 6.91. The molecule has 9 nitrogen and oxygen atoms in total. The number of hydrogen-bond donors (Lipinski definition) is 1. The molecule has 3 aromatic heterocycles. The van der Waals surface area contributed by atoms with Gasteiger partial charge in [-0.05, 0) is 38.0 Å². The lowest BCUT2D eigenvalue weighted by atomic mass is 10.1. The van der Waals surface area contributed by atoms with Gasteiger partial charge in [0.05, 0.1) is 17.8 Å². The smallest absolute Gasteiger partial charge is 0.228 e. The minimum atomic E-state index is -0.0205. The van der Waals surface area contributed by atoms with Crippen LogP contribution in [0.4, 0.5) is 11.8 Å². The number of carbonyl (C=O) groups excluding carboxylic acids is 1. The standard InChI is InChI=1S/C26H32N8O/c1-5-17(2)34-24-23(16-28-34)30-26(33-12-10-32(11-13-33)19(4)35)31-25(24)29-18(3)21-14-20-8-6-7-9-22(20)27-15-21/h6-9,14-18H,5,10-13H2,1-4H3,(H,29,30,31)/t17-,18-/m1/s1. The Labute approximate surface area is 205 Å². The third-order valence-corrected chi connectivity index (χ3v) is 6.91. The van der Waals surface area contributed by atoms with Gasteiger partial charge in [-0.2, -0.15) is 10.1 Å². The predicted octanol–water partition coefficient (Wildman–Crippen LogP) is 4.19. The number of benzene rings is 1. The highest BCUT2D eigenvalue weighted by atomic mass is 16.2. The van der Waals surface area contributed by atoms with E-state index >= 15 is 0 Å². The van der Waals surface area contributed by atoms with Gasteiger partial charge in [0, 0.05) is 50.7 Å². The van der Waals surface area contributed by atoms with Crippen molar-refractivity contribution >= 4 is 39.6 Å². The van der Waals surface area contributed by atoms with Crippen LogP contribution in [0.5, 0.6) is 0 Å². The lowest BCUT2D eigenvalue weighted by molar-refractivity contribution is -0.129. The highest BCUT2D eigenvalue weighted by Gasteiger charge is 2.24. The predicted molar refractivity (Wildman–Crippen MR) is 139 cm³/mol. The first-order valence-electron chi connectivity index (χ1n) is 12.3. The van der Waals surface area contributed by atoms with Gasteiger partial charge in [-0.15, -0.1) is 0 Å². The molecule has 9 heteroatoms. The fourth-order valence-electron chi connectivity index (χ4n) is 4.53. The Morgan fingerprint density at radius 2 is 1.83 bits per heavy atom. The number of carbonyl (C=O) groups is 1. The molecule has 1 aliphatic rings. The molecule has 1 fully saturated rings. The lowest BCUT2D eigenvalue weighted by Crippen LogP contribution is -2.48. The van der Waals surface area contributed by atoms with Crippen LogP contribution >= 0.6 is 0 Å². The van der Waals surface area contributed by atoms with Crippen molar-refractivity contribution in [3.8, 4) is 0 Å². The van der Waals surface area contributed by atoms with Crippen LogP contribution < -0.4 is 10.2 Å². The van der Waals surface area contributed by atoms with E-state index in [0.717, 1.165) is 39.7 Å². The number of fused-ring (bicyclic) bond motifs is 2. The molecule has 4 heterocycles. The summed E-state index contributed by atoms with van der Waals surface area (Å²) in [7, 11) is 0. The van der Waals surface area contributed by atoms with Gasteiger partial charge in [0.25, 0.3) is 0 Å². The van der Waals surface area contributed by atoms with Crippen LogP contribution in [-0.2, 0) is 4.79 Å². The molecule has 1 aliphatic heterocycles. The normalized spacial score (nSPS) is 16.0. The second-order valence-electron chi connectivity index (χ2n) is 9.27. The van der Waals surface area contributed by atoms with Crippen molar-refractivity contribution in [2.45, 2.75) is 46.2 Å². The molecule has 35 heavy (non-hydrogen) atoms. The van der Waals surface area contributed by atoms with Gasteiger partial charge in [-0.3, -0.25) is 14.5 Å². The Kier molecular flexibility index (Phi) is 6.23. The Bertz CT molecular complexity index is 1360. The van der Waals surface area contributed by atoms with E-state index in [4.69, 9.17) is 9.97 Å². The number of anilines is 2. The molecular formula is C26H32N8O. The maximum absolute atomic E-state index is 11.8. The number of aromatic nitrogens is 5. The molecule has 0 aliphatic carbocycles. The van der Waals surface area contributed by atoms with Crippen LogP contribution in [0.15, 0.2) is 42.7 Å². The van der Waals surface area contributed by atoms with Crippen molar-refractivity contribution in [2.75, 3.05) is 36.4 Å². The van der Waals surface area contributed by atoms with Crippen LogP contribution in [0.3, 0.4) is 0 Å². The van der Waals surface area contributed by atoms with E-state index < -0.39 is 0 Å². The minimum Gasteiger partial charge on any atom is -0.362 e. The molecule has 0 radical (unpaired) electrons. The number of rotatable bonds is 6. The number of amides is 1. The van der Waals surface area contributed by atoms with Crippen LogP contribution in [0.1, 0.15) is 51.8 Å². The Morgan fingerprint density at radius 1 is 1.06 bits per heavy atom. The average molecular weight is 473 g/mol. The Morgan fingerprint density at radius 3 is 2.57 bits per heavy atom. The molecule has 0 saturated carbocycles. The maximum Gasteiger partial charge on any atom is 0.228 e. The lowest BCUT2D eigenvalue weighted by Gasteiger charge is -2.34. The minimum absolute atomic E-state index is 0.0205. The van der Waals surface area contributed by atoms with Gasteiger partial charge >= 0.3 is 0 Å². The third kappa shape index (κ3) is 4.50. The first-order chi connectivity index (χ1) is 16.9. The van der Waals surface area contributed by atoms with Gasteiger partial charge in [0.1, 0.15) is 11.0 Å². The second-order valence-corrected chi connectivity index (χ2v) is 9.27. The number of nitrogens with one attached hydrogen (secondary N) is 1. The fraction of sp³-hybridized carbons (Fsp3) is 0.423. The number of pyridine rings is 1. The van der Waals surface area contributed by atoms with E-state index in [9.17, 15) is 4.79 Å². The van der Waals surface area contributed by atoms with E-state index in [1.807, 2.05) is 40.2 Å². The van der Waals surface area contributed by atoms with E-state index in [0.29, 0.717) is 32.1 Å². The largest absolute Gasteiger partial charge is 0.362 e. The van der Waals surface area contributed by atoms with Crippen LogP contribution in [0, 0.1) is 0 Å². The zero-order valence-corrected chi connectivity index (χ0v) is 20.8. The van der Waals surface area contributed by atoms with Crippen LogP contribution in [0.25, 0.3) is 21.9 Å². The second kappa shape index (κ2) is 9.48. The van der Waals surface area contributed by atoms with Gasteiger partial charge in [-0.1, -0.05) is 25.1 Å². The molecule has 0 spiro atoms. The highest BCUT2D eigenvalue weighted by Crippen LogP contribution is 2.30. The number of para-hydroxylation sites is 1. The molecule has 182 valence electrons. The Balaban J connectivity index is 1.51. The van der Waals surface area contributed by atoms with E-state index in [1.165, 1.54) is 0 Å². The van der Waals surface area contributed by atoms with E-state index in [1.54, 1.807) is 6.92 Å². The molecule has 0 bridgehead atoms.